The normalized spacial score (nSPS) is 11.9. The molecule has 0 aliphatic heterocycles. The van der Waals surface area contributed by atoms with Crippen molar-refractivity contribution in [2.45, 2.75) is 66.2 Å². The molecule has 0 radical (unpaired) electrons. The number of rotatable bonds is 14. The molecule has 6 nitrogen and oxygen atoms in total. The van der Waals surface area contributed by atoms with E-state index in [1.807, 2.05) is 24.3 Å². The molecule has 0 atom stereocenters. The molecule has 0 amide bonds. The van der Waals surface area contributed by atoms with Gasteiger partial charge in [-0.25, -0.2) is 0 Å². The fourth-order valence-electron chi connectivity index (χ4n) is 2.59. The minimum Gasteiger partial charge on any atom is -0.493 e. The number of hydrogen-bond donors (Lipinski definition) is 2. The first-order valence-electron chi connectivity index (χ1n) is 9.87. The van der Waals surface area contributed by atoms with Crippen molar-refractivity contribution in [2.75, 3.05) is 13.2 Å². The number of carboxylic acids is 2. The highest BCUT2D eigenvalue weighted by Gasteiger charge is 2.26. The fourth-order valence-corrected chi connectivity index (χ4v) is 2.59. The Morgan fingerprint density at radius 2 is 1.18 bits per heavy atom. The molecule has 1 aromatic carbocycles. The molecule has 0 saturated carbocycles. The van der Waals surface area contributed by atoms with Crippen LogP contribution in [0.15, 0.2) is 24.3 Å². The van der Waals surface area contributed by atoms with Gasteiger partial charge in [-0.3, -0.25) is 9.59 Å². The van der Waals surface area contributed by atoms with Crippen molar-refractivity contribution in [2.24, 2.45) is 10.8 Å². The van der Waals surface area contributed by atoms with Crippen LogP contribution in [0.2, 0.25) is 0 Å². The van der Waals surface area contributed by atoms with E-state index in [4.69, 9.17) is 19.7 Å². The molecule has 0 spiro atoms. The second-order valence-electron chi connectivity index (χ2n) is 8.46. The van der Waals surface area contributed by atoms with E-state index >= 15 is 0 Å². The molecule has 1 aromatic rings. The monoisotopic (exact) mass is 394 g/mol. The summed E-state index contributed by atoms with van der Waals surface area (Å²) in [5.74, 6) is -0.0985. The molecule has 6 heteroatoms. The molecule has 0 fully saturated rings. The highest BCUT2D eigenvalue weighted by atomic mass is 16.5. The third kappa shape index (κ3) is 8.63. The molecule has 158 valence electrons. The predicted molar refractivity (Wildman–Crippen MR) is 108 cm³/mol. The zero-order valence-electron chi connectivity index (χ0n) is 17.5. The van der Waals surface area contributed by atoms with Gasteiger partial charge in [0.05, 0.1) is 24.0 Å². The molecule has 0 bridgehead atoms. The quantitative estimate of drug-likeness (QED) is 0.431. The summed E-state index contributed by atoms with van der Waals surface area (Å²) in [6.07, 6.45) is 4.41. The van der Waals surface area contributed by atoms with Crippen LogP contribution in [0.4, 0.5) is 0 Å². The van der Waals surface area contributed by atoms with E-state index in [1.54, 1.807) is 27.7 Å². The van der Waals surface area contributed by atoms with E-state index in [-0.39, 0.29) is 0 Å². The van der Waals surface area contributed by atoms with Crippen molar-refractivity contribution in [1.29, 1.82) is 0 Å². The lowest BCUT2D eigenvalue weighted by Crippen LogP contribution is -2.23. The number of carbonyl (C=O) groups is 2. The van der Waals surface area contributed by atoms with Crippen molar-refractivity contribution in [1.82, 2.24) is 0 Å². The molecule has 1 rings (SSSR count). The number of benzene rings is 1. The highest BCUT2D eigenvalue weighted by molar-refractivity contribution is 5.73. The second kappa shape index (κ2) is 10.9. The largest absolute Gasteiger partial charge is 0.493 e. The number of ether oxygens (including phenoxy) is 2. The van der Waals surface area contributed by atoms with Gasteiger partial charge in [-0.05, 0) is 78.4 Å². The first kappa shape index (κ1) is 23.8. The smallest absolute Gasteiger partial charge is 0.309 e. The van der Waals surface area contributed by atoms with E-state index in [9.17, 15) is 9.59 Å². The number of hydrogen-bond acceptors (Lipinski definition) is 4. The lowest BCUT2D eigenvalue weighted by molar-refractivity contribution is -0.148. The van der Waals surface area contributed by atoms with Crippen LogP contribution < -0.4 is 9.47 Å². The van der Waals surface area contributed by atoms with Gasteiger partial charge >= 0.3 is 11.9 Å². The van der Waals surface area contributed by atoms with E-state index in [2.05, 4.69) is 0 Å². The summed E-state index contributed by atoms with van der Waals surface area (Å²) in [5, 5.41) is 18.2. The van der Waals surface area contributed by atoms with E-state index in [0.29, 0.717) is 26.1 Å². The third-order valence-corrected chi connectivity index (χ3v) is 4.89. The number of carboxylic acid groups (broad SMARTS) is 2. The zero-order chi connectivity index (χ0) is 21.2. The minimum atomic E-state index is -0.773. The van der Waals surface area contributed by atoms with E-state index in [0.717, 1.165) is 37.2 Å². The number of aliphatic carboxylic acids is 2. The maximum absolute atomic E-state index is 11.1. The molecule has 0 aliphatic rings. The van der Waals surface area contributed by atoms with Crippen LogP contribution in [0, 0.1) is 10.8 Å². The van der Waals surface area contributed by atoms with Gasteiger partial charge in [-0.15, -0.1) is 0 Å². The standard InChI is InChI=1S/C22H34O6/c1-21(2,19(23)24)12-5-7-14-27-17-10-9-11-18(16-17)28-15-8-6-13-22(3,4)20(25)26/h9-11,16H,5-8,12-15H2,1-4H3,(H,23,24)(H,25,26). The topological polar surface area (TPSA) is 93.1 Å². The van der Waals surface area contributed by atoms with Crippen LogP contribution in [-0.2, 0) is 9.59 Å². The molecule has 0 heterocycles. The summed E-state index contributed by atoms with van der Waals surface area (Å²) in [5.41, 5.74) is -1.40. The van der Waals surface area contributed by atoms with E-state index < -0.39 is 22.8 Å². The van der Waals surface area contributed by atoms with Crippen molar-refractivity contribution in [3.63, 3.8) is 0 Å². The van der Waals surface area contributed by atoms with Crippen LogP contribution >= 0.6 is 0 Å². The third-order valence-electron chi connectivity index (χ3n) is 4.89. The molecule has 28 heavy (non-hydrogen) atoms. The summed E-state index contributed by atoms with van der Waals surface area (Å²) >= 11 is 0. The average Bonchev–Trinajstić information content (AvgIpc) is 2.61. The lowest BCUT2D eigenvalue weighted by atomic mass is 9.87. The minimum absolute atomic E-state index is 0.531. The Balaban J connectivity index is 2.27. The first-order valence-corrected chi connectivity index (χ1v) is 9.87. The SMILES string of the molecule is CC(C)(CCCCOc1cccc(OCCCCC(C)(C)C(=O)O)c1)C(=O)O. The van der Waals surface area contributed by atoms with Gasteiger partial charge < -0.3 is 19.7 Å². The number of unbranched alkanes of at least 4 members (excludes halogenated alkanes) is 2. The van der Waals surface area contributed by atoms with Gasteiger partial charge in [0.1, 0.15) is 11.5 Å². The Morgan fingerprint density at radius 1 is 0.786 bits per heavy atom. The lowest BCUT2D eigenvalue weighted by Gasteiger charge is -2.18. The molecular weight excluding hydrogens is 360 g/mol. The summed E-state index contributed by atoms with van der Waals surface area (Å²) < 4.78 is 11.5. The maximum Gasteiger partial charge on any atom is 0.309 e. The van der Waals surface area contributed by atoms with E-state index in [1.165, 1.54) is 0 Å². The summed E-state index contributed by atoms with van der Waals surface area (Å²) in [7, 11) is 0. The van der Waals surface area contributed by atoms with Crippen LogP contribution in [0.5, 0.6) is 11.5 Å². The Bertz CT molecular complexity index is 584. The van der Waals surface area contributed by atoms with Crippen molar-refractivity contribution >= 4 is 11.9 Å². The van der Waals surface area contributed by atoms with Gasteiger partial charge in [0.15, 0.2) is 0 Å². The molecular formula is C22H34O6. The predicted octanol–water partition coefficient (Wildman–Crippen LogP) is 5.01. The van der Waals surface area contributed by atoms with Crippen LogP contribution in [0.25, 0.3) is 0 Å². The van der Waals surface area contributed by atoms with Gasteiger partial charge in [0, 0.05) is 6.07 Å². The molecule has 0 saturated heterocycles. The summed E-state index contributed by atoms with van der Waals surface area (Å²) in [4.78, 5) is 22.2. The summed E-state index contributed by atoms with van der Waals surface area (Å²) in [6.45, 7) is 8.01. The van der Waals surface area contributed by atoms with Gasteiger partial charge in [-0.2, -0.15) is 0 Å². The van der Waals surface area contributed by atoms with Crippen LogP contribution in [0.1, 0.15) is 66.2 Å². The fraction of sp³-hybridized carbons (Fsp3) is 0.636. The molecule has 0 aliphatic carbocycles. The van der Waals surface area contributed by atoms with Crippen LogP contribution in [0.3, 0.4) is 0 Å². The molecule has 0 unspecified atom stereocenters. The first-order chi connectivity index (χ1) is 13.0. The van der Waals surface area contributed by atoms with Gasteiger partial charge in [0.25, 0.3) is 0 Å². The second-order valence-corrected chi connectivity index (χ2v) is 8.46. The average molecular weight is 395 g/mol. The van der Waals surface area contributed by atoms with Crippen molar-refractivity contribution in [3.05, 3.63) is 24.3 Å². The zero-order valence-corrected chi connectivity index (χ0v) is 17.5. The maximum atomic E-state index is 11.1. The molecule has 0 aromatic heterocycles. The van der Waals surface area contributed by atoms with Crippen molar-refractivity contribution in [3.8, 4) is 11.5 Å². The van der Waals surface area contributed by atoms with Crippen molar-refractivity contribution < 1.29 is 29.3 Å². The highest BCUT2D eigenvalue weighted by Crippen LogP contribution is 2.25. The summed E-state index contributed by atoms with van der Waals surface area (Å²) in [6, 6.07) is 7.43. The Labute approximate surface area is 167 Å². The molecule has 2 N–H and O–H groups in total. The Hall–Kier alpha value is -2.24. The van der Waals surface area contributed by atoms with Gasteiger partial charge in [-0.1, -0.05) is 6.07 Å². The van der Waals surface area contributed by atoms with Gasteiger partial charge in [0.2, 0.25) is 0 Å². The Kier molecular flexibility index (Phi) is 9.29. The Morgan fingerprint density at radius 3 is 1.54 bits per heavy atom. The van der Waals surface area contributed by atoms with Crippen LogP contribution in [-0.4, -0.2) is 35.4 Å².